The van der Waals surface area contributed by atoms with E-state index < -0.39 is 10.8 Å². The van der Waals surface area contributed by atoms with Crippen LogP contribution in [0, 0.1) is 0 Å². The van der Waals surface area contributed by atoms with E-state index in [9.17, 15) is 9.00 Å². The molecule has 1 aliphatic rings. The fourth-order valence-corrected chi connectivity index (χ4v) is 4.01. The molecule has 0 radical (unpaired) electrons. The van der Waals surface area contributed by atoms with Crippen LogP contribution in [0.4, 0.5) is 0 Å². The Morgan fingerprint density at radius 2 is 2.07 bits per heavy atom. The molecule has 0 amide bonds. The third-order valence-corrected chi connectivity index (χ3v) is 5.31. The van der Waals surface area contributed by atoms with Crippen molar-refractivity contribution in [2.45, 2.75) is 29.4 Å². The summed E-state index contributed by atoms with van der Waals surface area (Å²) in [5.74, 6) is 0.236. The third kappa shape index (κ3) is 2.37. The third-order valence-electron chi connectivity index (χ3n) is 2.56. The second-order valence-electron chi connectivity index (χ2n) is 3.63. The topological polar surface area (TPSA) is 34.1 Å². The Morgan fingerprint density at radius 1 is 1.33 bits per heavy atom. The normalized spacial score (nSPS) is 23.0. The van der Waals surface area contributed by atoms with Crippen LogP contribution in [-0.4, -0.2) is 15.2 Å². The molecule has 2 rings (SSSR count). The highest BCUT2D eigenvalue weighted by Crippen LogP contribution is 2.28. The molecule has 2 unspecified atom stereocenters. The molecule has 0 aliphatic heterocycles. The molecule has 0 bridgehead atoms. The van der Waals surface area contributed by atoms with Crippen LogP contribution in [-0.2, 0) is 15.6 Å². The van der Waals surface area contributed by atoms with E-state index in [1.54, 1.807) is 0 Å². The summed E-state index contributed by atoms with van der Waals surface area (Å²) in [5, 5.41) is 0.0104. The van der Waals surface area contributed by atoms with Crippen molar-refractivity contribution in [3.05, 3.63) is 28.7 Å². The zero-order valence-corrected chi connectivity index (χ0v) is 10.5. The molecule has 80 valence electrons. The lowest BCUT2D eigenvalue weighted by atomic mass is 10.4. The van der Waals surface area contributed by atoms with Gasteiger partial charge >= 0.3 is 0 Å². The zero-order valence-electron chi connectivity index (χ0n) is 8.11. The van der Waals surface area contributed by atoms with E-state index in [-0.39, 0.29) is 11.0 Å². The number of carbonyl (C=O) groups excluding carboxylic acids is 1. The molecule has 2 atom stereocenters. The van der Waals surface area contributed by atoms with Crippen LogP contribution in [0.2, 0.25) is 0 Å². The smallest absolute Gasteiger partial charge is 0.134 e. The van der Waals surface area contributed by atoms with E-state index in [1.165, 1.54) is 0 Å². The highest BCUT2D eigenvalue weighted by Gasteiger charge is 2.28. The average molecular weight is 287 g/mol. The van der Waals surface area contributed by atoms with Crippen molar-refractivity contribution >= 4 is 32.5 Å². The first-order valence-corrected chi connectivity index (χ1v) is 6.86. The van der Waals surface area contributed by atoms with E-state index in [0.29, 0.717) is 12.8 Å². The van der Waals surface area contributed by atoms with Gasteiger partial charge in [0.25, 0.3) is 0 Å². The quantitative estimate of drug-likeness (QED) is 0.838. The Hall–Kier alpha value is -0.480. The predicted octanol–water partition coefficient (Wildman–Crippen LogP) is 2.68. The summed E-state index contributed by atoms with van der Waals surface area (Å²) in [5.41, 5.74) is 0. The number of hydrogen-bond donors (Lipinski definition) is 0. The molecule has 1 aliphatic carbocycles. The molecule has 0 aromatic heterocycles. The molecule has 1 aromatic carbocycles. The van der Waals surface area contributed by atoms with Crippen LogP contribution < -0.4 is 0 Å². The lowest BCUT2D eigenvalue weighted by molar-refractivity contribution is -0.117. The molecule has 0 N–H and O–H groups in total. The molecular formula is C11H11BrO2S. The summed E-state index contributed by atoms with van der Waals surface area (Å²) < 4.78 is 13.0. The van der Waals surface area contributed by atoms with Gasteiger partial charge in [0.15, 0.2) is 0 Å². The Kier molecular flexibility index (Phi) is 3.36. The van der Waals surface area contributed by atoms with Crippen LogP contribution in [0.15, 0.2) is 33.6 Å². The lowest BCUT2D eigenvalue weighted by Gasteiger charge is -2.09. The highest BCUT2D eigenvalue weighted by molar-refractivity contribution is 9.10. The van der Waals surface area contributed by atoms with Gasteiger partial charge in [-0.15, -0.1) is 0 Å². The number of rotatable bonds is 2. The van der Waals surface area contributed by atoms with Gasteiger partial charge in [-0.3, -0.25) is 9.00 Å². The number of hydrogen-bond acceptors (Lipinski definition) is 2. The Balaban J connectivity index is 2.21. The Labute approximate surface area is 99.7 Å². The highest BCUT2D eigenvalue weighted by atomic mass is 79.9. The summed E-state index contributed by atoms with van der Waals surface area (Å²) in [4.78, 5) is 11.9. The summed E-state index contributed by atoms with van der Waals surface area (Å²) >= 11 is 3.38. The number of Topliss-reactive ketones (excluding diaryl/α,β-unsaturated/α-hetero) is 1. The maximum absolute atomic E-state index is 12.1. The molecule has 4 heteroatoms. The summed E-state index contributed by atoms with van der Waals surface area (Å²) in [6, 6.07) is 7.49. The van der Waals surface area contributed by atoms with Crippen LogP contribution in [0.25, 0.3) is 0 Å². The molecule has 0 spiro atoms. The molecule has 1 fully saturated rings. The molecular weight excluding hydrogens is 276 g/mol. The summed E-state index contributed by atoms with van der Waals surface area (Å²) in [6.45, 7) is 0. The second-order valence-corrected chi connectivity index (χ2v) is 6.19. The minimum Gasteiger partial charge on any atom is -0.300 e. The van der Waals surface area contributed by atoms with Crippen molar-refractivity contribution in [1.29, 1.82) is 0 Å². The predicted molar refractivity (Wildman–Crippen MR) is 63.2 cm³/mol. The monoisotopic (exact) mass is 286 g/mol. The van der Waals surface area contributed by atoms with Gasteiger partial charge in [0, 0.05) is 22.6 Å². The zero-order chi connectivity index (χ0) is 10.8. The second kappa shape index (κ2) is 4.58. The van der Waals surface area contributed by atoms with Gasteiger partial charge in [0.2, 0.25) is 0 Å². The number of ketones is 1. The molecule has 0 saturated heterocycles. The van der Waals surface area contributed by atoms with E-state index >= 15 is 0 Å². The van der Waals surface area contributed by atoms with Crippen LogP contribution in [0.3, 0.4) is 0 Å². The molecule has 1 saturated carbocycles. The van der Waals surface area contributed by atoms with Crippen LogP contribution in [0.5, 0.6) is 0 Å². The van der Waals surface area contributed by atoms with Gasteiger partial charge in [-0.2, -0.15) is 0 Å². The number of benzene rings is 1. The molecule has 1 aromatic rings. The molecule has 0 heterocycles. The average Bonchev–Trinajstić information content (AvgIpc) is 2.65. The van der Waals surface area contributed by atoms with Crippen molar-refractivity contribution in [1.82, 2.24) is 0 Å². The van der Waals surface area contributed by atoms with E-state index in [2.05, 4.69) is 15.9 Å². The first-order valence-electron chi connectivity index (χ1n) is 4.85. The van der Waals surface area contributed by atoms with Crippen molar-refractivity contribution in [2.75, 3.05) is 0 Å². The van der Waals surface area contributed by atoms with E-state index in [0.717, 1.165) is 15.8 Å². The number of carbonyl (C=O) groups is 1. The van der Waals surface area contributed by atoms with Gasteiger partial charge in [-0.25, -0.2) is 0 Å². The number of halogens is 1. The fourth-order valence-electron chi connectivity index (χ4n) is 1.75. The standard InChI is InChI=1S/C11H11BrO2S/c12-10-3-1-2-4-11(10)15(14)9-6-5-8(13)7-9/h1-4,9H,5-7H2. The fraction of sp³-hybridized carbons (Fsp3) is 0.364. The first kappa shape index (κ1) is 11.0. The van der Waals surface area contributed by atoms with Crippen molar-refractivity contribution in [3.8, 4) is 0 Å². The van der Waals surface area contributed by atoms with Gasteiger partial charge in [-0.1, -0.05) is 12.1 Å². The summed E-state index contributed by atoms with van der Waals surface area (Å²) in [7, 11) is -1.06. The van der Waals surface area contributed by atoms with Gasteiger partial charge in [0.05, 0.1) is 15.7 Å². The minimum absolute atomic E-state index is 0.0104. The maximum atomic E-state index is 12.1. The van der Waals surface area contributed by atoms with Gasteiger partial charge in [0.1, 0.15) is 5.78 Å². The largest absolute Gasteiger partial charge is 0.300 e. The Bertz CT molecular complexity index is 417. The Morgan fingerprint density at radius 3 is 2.67 bits per heavy atom. The first-order chi connectivity index (χ1) is 7.18. The maximum Gasteiger partial charge on any atom is 0.134 e. The van der Waals surface area contributed by atoms with Crippen molar-refractivity contribution in [3.63, 3.8) is 0 Å². The molecule has 2 nitrogen and oxygen atoms in total. The SMILES string of the molecule is O=C1CCC(S(=O)c2ccccc2Br)C1. The van der Waals surface area contributed by atoms with Crippen LogP contribution >= 0.6 is 15.9 Å². The minimum atomic E-state index is -1.06. The van der Waals surface area contributed by atoms with Gasteiger partial charge < -0.3 is 0 Å². The van der Waals surface area contributed by atoms with Gasteiger partial charge in [-0.05, 0) is 34.5 Å². The van der Waals surface area contributed by atoms with Crippen molar-refractivity contribution in [2.24, 2.45) is 0 Å². The van der Waals surface area contributed by atoms with Crippen molar-refractivity contribution < 1.29 is 9.00 Å². The van der Waals surface area contributed by atoms with E-state index in [1.807, 2.05) is 24.3 Å². The summed E-state index contributed by atoms with van der Waals surface area (Å²) in [6.07, 6.45) is 1.81. The lowest BCUT2D eigenvalue weighted by Crippen LogP contribution is -2.11. The van der Waals surface area contributed by atoms with E-state index in [4.69, 9.17) is 0 Å². The molecule has 15 heavy (non-hydrogen) atoms. The van der Waals surface area contributed by atoms with Crippen LogP contribution in [0.1, 0.15) is 19.3 Å².